The summed E-state index contributed by atoms with van der Waals surface area (Å²) < 4.78 is 1.64. The molecular weight excluding hydrogens is 220 g/mol. The van der Waals surface area contributed by atoms with Crippen LogP contribution < -0.4 is 16.1 Å². The average molecular weight is 228 g/mol. The van der Waals surface area contributed by atoms with E-state index in [1.54, 1.807) is 22.3 Å². The number of thiazole rings is 2. The SMILES string of the molecule is NNc1ncc(Cn2ccsc2=O)s1. The second-order valence-electron chi connectivity index (χ2n) is 2.57. The molecule has 0 saturated heterocycles. The summed E-state index contributed by atoms with van der Waals surface area (Å²) in [6.45, 7) is 0.557. The molecule has 0 aliphatic carbocycles. The van der Waals surface area contributed by atoms with Gasteiger partial charge in [0.05, 0.1) is 6.54 Å². The van der Waals surface area contributed by atoms with Crippen LogP contribution in [0.4, 0.5) is 5.13 Å². The first-order valence-electron chi connectivity index (χ1n) is 3.85. The third-order valence-electron chi connectivity index (χ3n) is 1.65. The van der Waals surface area contributed by atoms with Crippen molar-refractivity contribution < 1.29 is 0 Å². The normalized spacial score (nSPS) is 10.4. The van der Waals surface area contributed by atoms with Gasteiger partial charge in [0.1, 0.15) is 0 Å². The molecular formula is C7H8N4OS2. The summed E-state index contributed by atoms with van der Waals surface area (Å²) in [5.74, 6) is 5.20. The van der Waals surface area contributed by atoms with E-state index in [0.717, 1.165) is 4.88 Å². The fourth-order valence-electron chi connectivity index (χ4n) is 1.02. The predicted octanol–water partition coefficient (Wildman–Crippen LogP) is 0.700. The highest BCUT2D eigenvalue weighted by molar-refractivity contribution is 7.15. The van der Waals surface area contributed by atoms with Crippen molar-refractivity contribution in [2.45, 2.75) is 6.54 Å². The molecule has 0 saturated carbocycles. The van der Waals surface area contributed by atoms with E-state index in [2.05, 4.69) is 10.4 Å². The molecule has 0 bridgehead atoms. The highest BCUT2D eigenvalue weighted by atomic mass is 32.1. The molecule has 2 aromatic heterocycles. The van der Waals surface area contributed by atoms with Gasteiger partial charge in [-0.1, -0.05) is 22.7 Å². The molecule has 0 aliphatic heterocycles. The van der Waals surface area contributed by atoms with Crippen LogP contribution in [0.15, 0.2) is 22.6 Å². The second kappa shape index (κ2) is 3.91. The minimum absolute atomic E-state index is 0.0423. The number of rotatable bonds is 3. The van der Waals surface area contributed by atoms with E-state index < -0.39 is 0 Å². The summed E-state index contributed by atoms with van der Waals surface area (Å²) in [7, 11) is 0. The third kappa shape index (κ3) is 1.84. The van der Waals surface area contributed by atoms with E-state index in [9.17, 15) is 4.79 Å². The van der Waals surface area contributed by atoms with Crippen molar-refractivity contribution in [3.8, 4) is 0 Å². The number of aromatic nitrogens is 2. The van der Waals surface area contributed by atoms with Crippen molar-refractivity contribution >= 4 is 27.8 Å². The van der Waals surface area contributed by atoms with Crippen LogP contribution in [0, 0.1) is 0 Å². The fraction of sp³-hybridized carbons (Fsp3) is 0.143. The summed E-state index contributed by atoms with van der Waals surface area (Å²) in [6.07, 6.45) is 3.48. The van der Waals surface area contributed by atoms with Gasteiger partial charge in [-0.15, -0.1) is 0 Å². The topological polar surface area (TPSA) is 72.9 Å². The van der Waals surface area contributed by atoms with Crippen LogP contribution in [0.25, 0.3) is 0 Å². The molecule has 2 heterocycles. The molecule has 2 aromatic rings. The molecule has 0 fully saturated rings. The summed E-state index contributed by atoms with van der Waals surface area (Å²) in [5.41, 5.74) is 2.46. The molecule has 0 spiro atoms. The first kappa shape index (κ1) is 9.38. The number of anilines is 1. The standard InChI is InChI=1S/C7H8N4OS2/c8-10-6-9-3-5(14-6)4-11-1-2-13-7(11)12/h1-3H,4,8H2,(H,9,10). The van der Waals surface area contributed by atoms with Crippen LogP contribution >= 0.6 is 22.7 Å². The number of nitrogens with one attached hydrogen (secondary N) is 1. The molecule has 3 N–H and O–H groups in total. The Morgan fingerprint density at radius 1 is 1.64 bits per heavy atom. The zero-order valence-electron chi connectivity index (χ0n) is 7.14. The van der Waals surface area contributed by atoms with Crippen LogP contribution in [0.3, 0.4) is 0 Å². The minimum Gasteiger partial charge on any atom is -0.301 e. The Morgan fingerprint density at radius 3 is 3.07 bits per heavy atom. The lowest BCUT2D eigenvalue weighted by molar-refractivity contribution is 0.794. The summed E-state index contributed by atoms with van der Waals surface area (Å²) >= 11 is 2.63. The Labute approximate surface area is 87.8 Å². The summed E-state index contributed by atoms with van der Waals surface area (Å²) in [6, 6.07) is 0. The van der Waals surface area contributed by atoms with E-state index in [0.29, 0.717) is 11.7 Å². The number of hydrazine groups is 1. The molecule has 0 aliphatic rings. The van der Waals surface area contributed by atoms with Crippen LogP contribution in [0.5, 0.6) is 0 Å². The Hall–Kier alpha value is -1.18. The highest BCUT2D eigenvalue weighted by Crippen LogP contribution is 2.17. The minimum atomic E-state index is 0.0423. The van der Waals surface area contributed by atoms with Gasteiger partial charge in [-0.25, -0.2) is 10.8 Å². The Kier molecular flexibility index (Phi) is 2.62. The zero-order chi connectivity index (χ0) is 9.97. The molecule has 0 unspecified atom stereocenters. The largest absolute Gasteiger partial charge is 0.307 e. The highest BCUT2D eigenvalue weighted by Gasteiger charge is 2.02. The van der Waals surface area contributed by atoms with Crippen molar-refractivity contribution in [2.24, 2.45) is 5.84 Å². The van der Waals surface area contributed by atoms with Gasteiger partial charge in [-0.3, -0.25) is 10.2 Å². The Balaban J connectivity index is 2.19. The first-order valence-corrected chi connectivity index (χ1v) is 5.54. The Morgan fingerprint density at radius 2 is 2.50 bits per heavy atom. The summed E-state index contributed by atoms with van der Waals surface area (Å²) in [4.78, 5) is 16.3. The monoisotopic (exact) mass is 228 g/mol. The lowest BCUT2D eigenvalue weighted by Crippen LogP contribution is -2.11. The molecule has 2 rings (SSSR count). The molecule has 0 radical (unpaired) electrons. The molecule has 5 nitrogen and oxygen atoms in total. The van der Waals surface area contributed by atoms with Crippen LogP contribution in [-0.2, 0) is 6.54 Å². The van der Waals surface area contributed by atoms with Gasteiger partial charge in [0, 0.05) is 22.7 Å². The summed E-state index contributed by atoms with van der Waals surface area (Å²) in [5, 5.41) is 2.43. The quantitative estimate of drug-likeness (QED) is 0.599. The van der Waals surface area contributed by atoms with Gasteiger partial charge < -0.3 is 4.57 Å². The number of hydrogen-bond acceptors (Lipinski definition) is 6. The predicted molar refractivity (Wildman–Crippen MR) is 57.6 cm³/mol. The van der Waals surface area contributed by atoms with Crippen LogP contribution in [0.1, 0.15) is 4.88 Å². The van der Waals surface area contributed by atoms with E-state index in [1.165, 1.54) is 22.7 Å². The van der Waals surface area contributed by atoms with Crippen LogP contribution in [0.2, 0.25) is 0 Å². The molecule has 0 amide bonds. The number of nitrogens with zero attached hydrogens (tertiary/aromatic N) is 2. The number of nitrogen functional groups attached to an aromatic ring is 1. The van der Waals surface area contributed by atoms with Crippen molar-refractivity contribution in [3.05, 3.63) is 32.3 Å². The fourth-order valence-corrected chi connectivity index (χ4v) is 2.33. The first-order chi connectivity index (χ1) is 6.79. The maximum absolute atomic E-state index is 11.2. The molecule has 7 heteroatoms. The lowest BCUT2D eigenvalue weighted by atomic mass is 10.5. The van der Waals surface area contributed by atoms with Crippen molar-refractivity contribution in [2.75, 3.05) is 5.43 Å². The smallest absolute Gasteiger partial charge is 0.301 e. The van der Waals surface area contributed by atoms with Gasteiger partial charge in [-0.2, -0.15) is 0 Å². The van der Waals surface area contributed by atoms with Crippen LogP contribution in [-0.4, -0.2) is 9.55 Å². The van der Waals surface area contributed by atoms with E-state index in [1.807, 2.05) is 0 Å². The number of nitrogens with two attached hydrogens (primary N) is 1. The molecule has 0 atom stereocenters. The van der Waals surface area contributed by atoms with Gasteiger partial charge in [0.15, 0.2) is 5.13 Å². The third-order valence-corrected chi connectivity index (χ3v) is 3.25. The molecule has 0 aromatic carbocycles. The van der Waals surface area contributed by atoms with Crippen molar-refractivity contribution in [3.63, 3.8) is 0 Å². The van der Waals surface area contributed by atoms with Gasteiger partial charge in [-0.05, 0) is 0 Å². The zero-order valence-corrected chi connectivity index (χ0v) is 8.77. The van der Waals surface area contributed by atoms with Crippen molar-refractivity contribution in [1.82, 2.24) is 9.55 Å². The molecule has 14 heavy (non-hydrogen) atoms. The van der Waals surface area contributed by atoms with Gasteiger partial charge in [0.25, 0.3) is 0 Å². The lowest BCUT2D eigenvalue weighted by Gasteiger charge is -1.95. The second-order valence-corrected chi connectivity index (χ2v) is 4.55. The Bertz CT molecular complexity index is 472. The van der Waals surface area contributed by atoms with E-state index in [-0.39, 0.29) is 4.87 Å². The maximum Gasteiger partial charge on any atom is 0.307 e. The average Bonchev–Trinajstić information content (AvgIpc) is 2.77. The van der Waals surface area contributed by atoms with Gasteiger partial charge >= 0.3 is 4.87 Å². The van der Waals surface area contributed by atoms with Crippen molar-refractivity contribution in [1.29, 1.82) is 0 Å². The molecule has 74 valence electrons. The van der Waals surface area contributed by atoms with Gasteiger partial charge in [0.2, 0.25) is 0 Å². The maximum atomic E-state index is 11.2. The number of hydrogen-bond donors (Lipinski definition) is 2. The van der Waals surface area contributed by atoms with E-state index in [4.69, 9.17) is 5.84 Å². The van der Waals surface area contributed by atoms with E-state index >= 15 is 0 Å².